The van der Waals surface area contributed by atoms with E-state index in [1.165, 1.54) is 6.08 Å². The van der Waals surface area contributed by atoms with Gasteiger partial charge < -0.3 is 10.4 Å². The monoisotopic (exact) mass is 281 g/mol. The molecule has 106 valence electrons. The summed E-state index contributed by atoms with van der Waals surface area (Å²) in [6.45, 7) is 1.56. The molecule has 2 aromatic rings. The van der Waals surface area contributed by atoms with Crippen LogP contribution in [0.25, 0.3) is 11.1 Å². The van der Waals surface area contributed by atoms with Crippen LogP contribution in [-0.2, 0) is 4.79 Å². The van der Waals surface area contributed by atoms with Gasteiger partial charge in [0, 0.05) is 5.56 Å². The van der Waals surface area contributed by atoms with Gasteiger partial charge in [0.05, 0.1) is 0 Å². The predicted molar refractivity (Wildman–Crippen MR) is 80.7 cm³/mol. The Balaban J connectivity index is 2.16. The summed E-state index contributed by atoms with van der Waals surface area (Å²) in [6.07, 6.45) is 1.35. The lowest BCUT2D eigenvalue weighted by Gasteiger charge is -2.06. The molecular formula is C17H15NO3. The molecule has 2 aromatic carbocycles. The number of allylic oxidation sites excluding steroid dienone is 1. The van der Waals surface area contributed by atoms with Crippen LogP contribution in [0.15, 0.2) is 66.4 Å². The molecule has 0 aliphatic carbocycles. The third-order valence-electron chi connectivity index (χ3n) is 3.02. The minimum Gasteiger partial charge on any atom is -0.477 e. The SMILES string of the molecule is C/C=C(\NC(=O)c1ccc(-c2ccccc2)cc1)C(=O)O. The van der Waals surface area contributed by atoms with E-state index in [1.54, 1.807) is 19.1 Å². The summed E-state index contributed by atoms with van der Waals surface area (Å²) >= 11 is 0. The second-order valence-electron chi connectivity index (χ2n) is 4.41. The minimum atomic E-state index is -1.16. The number of carbonyl (C=O) groups excluding carboxylic acids is 1. The van der Waals surface area contributed by atoms with Gasteiger partial charge in [-0.3, -0.25) is 4.79 Å². The normalized spacial score (nSPS) is 11.0. The van der Waals surface area contributed by atoms with Crippen molar-refractivity contribution >= 4 is 11.9 Å². The standard InChI is InChI=1S/C17H15NO3/c1-2-15(17(20)21)18-16(19)14-10-8-13(9-11-14)12-6-4-3-5-7-12/h2-11H,1H3,(H,18,19)(H,20,21)/b15-2-. The van der Waals surface area contributed by atoms with E-state index >= 15 is 0 Å². The Labute approximate surface area is 122 Å². The number of benzene rings is 2. The van der Waals surface area contributed by atoms with Crippen LogP contribution in [-0.4, -0.2) is 17.0 Å². The van der Waals surface area contributed by atoms with Gasteiger partial charge in [-0.15, -0.1) is 0 Å². The van der Waals surface area contributed by atoms with Gasteiger partial charge in [-0.05, 0) is 30.2 Å². The highest BCUT2D eigenvalue weighted by atomic mass is 16.4. The first-order valence-electron chi connectivity index (χ1n) is 6.48. The maximum atomic E-state index is 12.0. The lowest BCUT2D eigenvalue weighted by Crippen LogP contribution is -2.27. The van der Waals surface area contributed by atoms with Gasteiger partial charge in [0.2, 0.25) is 0 Å². The first-order valence-corrected chi connectivity index (χ1v) is 6.48. The highest BCUT2D eigenvalue weighted by molar-refractivity contribution is 6.00. The zero-order valence-corrected chi connectivity index (χ0v) is 11.5. The fourth-order valence-corrected chi connectivity index (χ4v) is 1.89. The fourth-order valence-electron chi connectivity index (χ4n) is 1.89. The molecule has 0 saturated carbocycles. The molecule has 4 heteroatoms. The van der Waals surface area contributed by atoms with Crippen LogP contribution in [0.2, 0.25) is 0 Å². The van der Waals surface area contributed by atoms with Crippen LogP contribution in [0.5, 0.6) is 0 Å². The van der Waals surface area contributed by atoms with E-state index in [2.05, 4.69) is 5.32 Å². The summed E-state index contributed by atoms with van der Waals surface area (Å²) in [5, 5.41) is 11.2. The zero-order valence-electron chi connectivity index (χ0n) is 11.5. The topological polar surface area (TPSA) is 66.4 Å². The zero-order chi connectivity index (χ0) is 15.2. The number of rotatable bonds is 4. The molecule has 0 unspecified atom stereocenters. The second-order valence-corrected chi connectivity index (χ2v) is 4.41. The smallest absolute Gasteiger partial charge is 0.352 e. The van der Waals surface area contributed by atoms with Crippen LogP contribution in [0.4, 0.5) is 0 Å². The van der Waals surface area contributed by atoms with Crippen molar-refractivity contribution in [1.29, 1.82) is 0 Å². The number of carboxylic acids is 1. The third-order valence-corrected chi connectivity index (χ3v) is 3.02. The van der Waals surface area contributed by atoms with Crippen LogP contribution in [0.1, 0.15) is 17.3 Å². The van der Waals surface area contributed by atoms with Crippen LogP contribution < -0.4 is 5.32 Å². The Morgan fingerprint density at radius 3 is 2.05 bits per heavy atom. The number of carboxylic acid groups (broad SMARTS) is 1. The average molecular weight is 281 g/mol. The summed E-state index contributed by atoms with van der Waals surface area (Å²) in [7, 11) is 0. The van der Waals surface area contributed by atoms with Crippen LogP contribution in [0, 0.1) is 0 Å². The third kappa shape index (κ3) is 3.57. The molecule has 0 atom stereocenters. The van der Waals surface area contributed by atoms with E-state index in [4.69, 9.17) is 5.11 Å². The maximum Gasteiger partial charge on any atom is 0.352 e. The van der Waals surface area contributed by atoms with E-state index < -0.39 is 11.9 Å². The molecule has 2 rings (SSSR count). The van der Waals surface area contributed by atoms with Crippen LogP contribution >= 0.6 is 0 Å². The van der Waals surface area contributed by atoms with Crippen molar-refractivity contribution in [2.75, 3.05) is 0 Å². The number of carbonyl (C=O) groups is 2. The molecule has 0 aromatic heterocycles. The lowest BCUT2D eigenvalue weighted by molar-refractivity contribution is -0.133. The predicted octanol–water partition coefficient (Wildman–Crippen LogP) is 3.07. The molecule has 1 amide bonds. The van der Waals surface area contributed by atoms with Gasteiger partial charge in [0.25, 0.3) is 5.91 Å². The average Bonchev–Trinajstić information content (AvgIpc) is 2.53. The molecular weight excluding hydrogens is 266 g/mol. The molecule has 0 spiro atoms. The van der Waals surface area contributed by atoms with Crippen molar-refractivity contribution in [1.82, 2.24) is 5.32 Å². The fraction of sp³-hybridized carbons (Fsp3) is 0.0588. The second kappa shape index (κ2) is 6.52. The van der Waals surface area contributed by atoms with Crippen molar-refractivity contribution in [3.8, 4) is 11.1 Å². The molecule has 2 N–H and O–H groups in total. The maximum absolute atomic E-state index is 12.0. The van der Waals surface area contributed by atoms with Crippen LogP contribution in [0.3, 0.4) is 0 Å². The Bertz CT molecular complexity index is 673. The van der Waals surface area contributed by atoms with Gasteiger partial charge in [0.1, 0.15) is 5.70 Å². The molecule has 0 heterocycles. The first-order chi connectivity index (χ1) is 10.1. The Kier molecular flexibility index (Phi) is 4.51. The Hall–Kier alpha value is -2.88. The highest BCUT2D eigenvalue weighted by Crippen LogP contribution is 2.19. The summed E-state index contributed by atoms with van der Waals surface area (Å²) in [5.41, 5.74) is 2.34. The number of amides is 1. The molecule has 0 aliphatic heterocycles. The largest absolute Gasteiger partial charge is 0.477 e. The number of nitrogens with one attached hydrogen (secondary N) is 1. The van der Waals surface area contributed by atoms with Gasteiger partial charge in [-0.25, -0.2) is 4.79 Å². The number of hydrogen-bond donors (Lipinski definition) is 2. The molecule has 0 saturated heterocycles. The van der Waals surface area contributed by atoms with Crippen molar-refractivity contribution in [3.63, 3.8) is 0 Å². The molecule has 0 aliphatic rings. The number of hydrogen-bond acceptors (Lipinski definition) is 2. The molecule has 21 heavy (non-hydrogen) atoms. The van der Waals surface area contributed by atoms with Gasteiger partial charge >= 0.3 is 5.97 Å². The summed E-state index contributed by atoms with van der Waals surface area (Å²) < 4.78 is 0. The van der Waals surface area contributed by atoms with E-state index in [9.17, 15) is 9.59 Å². The lowest BCUT2D eigenvalue weighted by atomic mass is 10.0. The first kappa shape index (κ1) is 14.5. The molecule has 0 bridgehead atoms. The summed E-state index contributed by atoms with van der Waals surface area (Å²) in [5.74, 6) is -1.60. The molecule has 4 nitrogen and oxygen atoms in total. The minimum absolute atomic E-state index is 0.132. The molecule has 0 radical (unpaired) electrons. The van der Waals surface area contributed by atoms with Crippen molar-refractivity contribution in [2.24, 2.45) is 0 Å². The summed E-state index contributed by atoms with van der Waals surface area (Å²) in [4.78, 5) is 22.8. The quantitative estimate of drug-likeness (QED) is 0.846. The highest BCUT2D eigenvalue weighted by Gasteiger charge is 2.12. The van der Waals surface area contributed by atoms with Crippen molar-refractivity contribution in [2.45, 2.75) is 6.92 Å². The van der Waals surface area contributed by atoms with Gasteiger partial charge in [-0.2, -0.15) is 0 Å². The van der Waals surface area contributed by atoms with E-state index in [-0.39, 0.29) is 5.70 Å². The van der Waals surface area contributed by atoms with E-state index in [0.717, 1.165) is 11.1 Å². The van der Waals surface area contributed by atoms with Gasteiger partial charge in [-0.1, -0.05) is 48.5 Å². The van der Waals surface area contributed by atoms with Gasteiger partial charge in [0.15, 0.2) is 0 Å². The van der Waals surface area contributed by atoms with Crippen molar-refractivity contribution < 1.29 is 14.7 Å². The molecule has 0 fully saturated rings. The summed E-state index contributed by atoms with van der Waals surface area (Å²) in [6, 6.07) is 16.8. The van der Waals surface area contributed by atoms with E-state index in [1.807, 2.05) is 42.5 Å². The Morgan fingerprint density at radius 1 is 0.952 bits per heavy atom. The number of aliphatic carboxylic acids is 1. The van der Waals surface area contributed by atoms with E-state index in [0.29, 0.717) is 5.56 Å². The Morgan fingerprint density at radius 2 is 1.52 bits per heavy atom. The van der Waals surface area contributed by atoms with Crippen molar-refractivity contribution in [3.05, 3.63) is 71.9 Å².